The Morgan fingerprint density at radius 3 is 2.32 bits per heavy atom. The zero-order valence-corrected chi connectivity index (χ0v) is 21.0. The van der Waals surface area contributed by atoms with Gasteiger partial charge in [-0.3, -0.25) is 14.9 Å². The van der Waals surface area contributed by atoms with E-state index in [-0.39, 0.29) is 13.0 Å². The van der Waals surface area contributed by atoms with Crippen molar-refractivity contribution in [3.05, 3.63) is 35.9 Å². The molecule has 0 aliphatic carbocycles. The van der Waals surface area contributed by atoms with Gasteiger partial charge in [-0.15, -0.1) is 0 Å². The second kappa shape index (κ2) is 11.8. The van der Waals surface area contributed by atoms with Crippen LogP contribution >= 0.6 is 0 Å². The third kappa shape index (κ3) is 9.40. The molecule has 2 N–H and O–H groups in total. The van der Waals surface area contributed by atoms with Gasteiger partial charge in [-0.25, -0.2) is 4.79 Å². The van der Waals surface area contributed by atoms with E-state index in [1.54, 1.807) is 41.5 Å². The second-order valence-electron chi connectivity index (χ2n) is 10.4. The number of hydrogen-bond acceptors (Lipinski definition) is 8. The Hall–Kier alpha value is -2.49. The minimum Gasteiger partial charge on any atom is -0.460 e. The van der Waals surface area contributed by atoms with Crippen LogP contribution in [-0.2, 0) is 35.2 Å². The van der Waals surface area contributed by atoms with Gasteiger partial charge in [-0.05, 0) is 59.9 Å². The topological polar surface area (TPSA) is 114 Å². The minimum atomic E-state index is -1.50. The van der Waals surface area contributed by atoms with E-state index < -0.39 is 47.5 Å². The molecule has 2 rings (SSSR count). The van der Waals surface area contributed by atoms with E-state index in [9.17, 15) is 19.5 Å². The van der Waals surface area contributed by atoms with Gasteiger partial charge in [0, 0.05) is 6.54 Å². The smallest absolute Gasteiger partial charge is 0.329 e. The van der Waals surface area contributed by atoms with Gasteiger partial charge in [-0.2, -0.15) is 0 Å². The number of likely N-dealkylation sites (tertiary alicyclic amines) is 1. The molecule has 9 heteroatoms. The average molecular weight is 479 g/mol. The summed E-state index contributed by atoms with van der Waals surface area (Å²) in [7, 11) is 0. The number of benzene rings is 1. The summed E-state index contributed by atoms with van der Waals surface area (Å²) in [5, 5.41) is 13.0. The number of ether oxygens (including phenoxy) is 3. The first-order valence-corrected chi connectivity index (χ1v) is 11.6. The Kier molecular flexibility index (Phi) is 9.61. The summed E-state index contributed by atoms with van der Waals surface area (Å²) < 4.78 is 16.3. The number of hydrogen-bond donors (Lipinski definition) is 2. The third-order valence-electron chi connectivity index (χ3n) is 4.93. The molecule has 1 heterocycles. The fourth-order valence-electron chi connectivity index (χ4n) is 3.61. The first-order chi connectivity index (χ1) is 15.7. The van der Waals surface area contributed by atoms with Crippen molar-refractivity contribution in [1.29, 1.82) is 0 Å². The number of aliphatic hydroxyl groups excluding tert-OH is 1. The summed E-state index contributed by atoms with van der Waals surface area (Å²) in [5.74, 6) is -1.61. The maximum absolute atomic E-state index is 13.4. The largest absolute Gasteiger partial charge is 0.460 e. The van der Waals surface area contributed by atoms with Crippen molar-refractivity contribution in [2.45, 2.75) is 97.1 Å². The molecule has 1 aliphatic heterocycles. The second-order valence-corrected chi connectivity index (χ2v) is 10.4. The van der Waals surface area contributed by atoms with Crippen molar-refractivity contribution >= 4 is 17.8 Å². The number of amides is 1. The van der Waals surface area contributed by atoms with E-state index in [1.165, 1.54) is 4.90 Å². The normalized spacial score (nSPS) is 18.3. The number of carbonyl (C=O) groups is 3. The van der Waals surface area contributed by atoms with Crippen LogP contribution in [0, 0.1) is 0 Å². The lowest BCUT2D eigenvalue weighted by molar-refractivity contribution is -0.190. The molecule has 1 aromatic carbocycles. The molecule has 0 bridgehead atoms. The molecule has 1 aromatic rings. The number of esters is 2. The highest BCUT2D eigenvalue weighted by molar-refractivity contribution is 5.90. The van der Waals surface area contributed by atoms with E-state index >= 15 is 0 Å². The molecule has 190 valence electrons. The molecule has 0 saturated carbocycles. The Morgan fingerprint density at radius 2 is 1.74 bits per heavy atom. The molecule has 3 atom stereocenters. The number of nitrogens with one attached hydrogen (secondary N) is 1. The van der Waals surface area contributed by atoms with Gasteiger partial charge in [-0.1, -0.05) is 30.3 Å². The van der Waals surface area contributed by atoms with Crippen LogP contribution in [0.25, 0.3) is 0 Å². The fourth-order valence-corrected chi connectivity index (χ4v) is 3.61. The summed E-state index contributed by atoms with van der Waals surface area (Å²) in [5.41, 5.74) is -0.579. The predicted molar refractivity (Wildman–Crippen MR) is 125 cm³/mol. The van der Waals surface area contributed by atoms with Gasteiger partial charge in [0.25, 0.3) is 0 Å². The van der Waals surface area contributed by atoms with Crippen LogP contribution in [0.5, 0.6) is 0 Å². The fraction of sp³-hybridized carbons (Fsp3) is 0.640. The highest BCUT2D eigenvalue weighted by atomic mass is 16.6. The van der Waals surface area contributed by atoms with E-state index in [1.807, 2.05) is 30.3 Å². The number of aliphatic hydroxyl groups is 1. The lowest BCUT2D eigenvalue weighted by Gasteiger charge is -2.31. The zero-order chi connectivity index (χ0) is 25.5. The zero-order valence-electron chi connectivity index (χ0n) is 21.0. The van der Waals surface area contributed by atoms with E-state index in [0.717, 1.165) is 5.56 Å². The Labute approximate surface area is 201 Å². The van der Waals surface area contributed by atoms with Crippen LogP contribution in [0.2, 0.25) is 0 Å². The predicted octanol–water partition coefficient (Wildman–Crippen LogP) is 2.50. The Balaban J connectivity index is 2.11. The summed E-state index contributed by atoms with van der Waals surface area (Å²) in [6.07, 6.45) is -0.748. The van der Waals surface area contributed by atoms with Gasteiger partial charge in [0.2, 0.25) is 12.3 Å². The molecule has 1 amide bonds. The van der Waals surface area contributed by atoms with Crippen LogP contribution in [0.4, 0.5) is 0 Å². The molecule has 9 nitrogen and oxygen atoms in total. The van der Waals surface area contributed by atoms with Gasteiger partial charge in [0.05, 0.1) is 12.0 Å². The standard InChI is InChI=1S/C25H38N2O7/c1-24(2,3)33-20(28)15-18(26-23(31)34-25(4,5)6)21(29)27-14-10-13-19(27)22(30)32-16-17-11-8-7-9-12-17/h7-9,11-12,18-19,23,26,31H,10,13-16H2,1-6H3/t18-,19-,23?/m0/s1. The third-order valence-corrected chi connectivity index (χ3v) is 4.93. The van der Waals surface area contributed by atoms with Crippen LogP contribution in [0.1, 0.15) is 66.4 Å². The molecule has 34 heavy (non-hydrogen) atoms. The van der Waals surface area contributed by atoms with Gasteiger partial charge in [0.15, 0.2) is 0 Å². The van der Waals surface area contributed by atoms with Gasteiger partial charge in [0.1, 0.15) is 24.3 Å². The molecule has 1 aliphatic rings. The Bertz CT molecular complexity index is 830. The summed E-state index contributed by atoms with van der Waals surface area (Å²) in [4.78, 5) is 40.1. The number of rotatable bonds is 9. The van der Waals surface area contributed by atoms with Gasteiger partial charge >= 0.3 is 11.9 Å². The van der Waals surface area contributed by atoms with Crippen molar-refractivity contribution < 1.29 is 33.7 Å². The lowest BCUT2D eigenvalue weighted by atomic mass is 10.1. The molecule has 1 unspecified atom stereocenters. The van der Waals surface area contributed by atoms with Gasteiger partial charge < -0.3 is 24.2 Å². The quantitative estimate of drug-likeness (QED) is 0.411. The molecule has 0 spiro atoms. The first kappa shape index (κ1) is 27.8. The number of carbonyl (C=O) groups excluding carboxylic acids is 3. The van der Waals surface area contributed by atoms with Crippen LogP contribution in [0.3, 0.4) is 0 Å². The summed E-state index contributed by atoms with van der Waals surface area (Å²) in [6.45, 7) is 10.9. The van der Waals surface area contributed by atoms with Crippen LogP contribution in [-0.4, -0.2) is 64.1 Å². The van der Waals surface area contributed by atoms with Crippen molar-refractivity contribution in [1.82, 2.24) is 10.2 Å². The maximum Gasteiger partial charge on any atom is 0.329 e. The van der Waals surface area contributed by atoms with Crippen molar-refractivity contribution in [2.75, 3.05) is 6.54 Å². The van der Waals surface area contributed by atoms with Crippen molar-refractivity contribution in [3.63, 3.8) is 0 Å². The summed E-state index contributed by atoms with van der Waals surface area (Å²) in [6, 6.07) is 7.37. The van der Waals surface area contributed by atoms with Crippen LogP contribution < -0.4 is 5.32 Å². The minimum absolute atomic E-state index is 0.107. The molecule has 1 saturated heterocycles. The molecular formula is C25H38N2O7. The first-order valence-electron chi connectivity index (χ1n) is 11.6. The maximum atomic E-state index is 13.4. The van der Waals surface area contributed by atoms with E-state index in [0.29, 0.717) is 19.4 Å². The van der Waals surface area contributed by atoms with E-state index in [2.05, 4.69) is 5.32 Å². The van der Waals surface area contributed by atoms with Crippen molar-refractivity contribution in [3.8, 4) is 0 Å². The highest BCUT2D eigenvalue weighted by Gasteiger charge is 2.40. The SMILES string of the molecule is CC(C)(C)OC(=O)C[C@H](NC(O)OC(C)(C)C)C(=O)N1CCC[C@H]1C(=O)OCc1ccccc1. The molecular weight excluding hydrogens is 440 g/mol. The Morgan fingerprint density at radius 1 is 1.09 bits per heavy atom. The number of nitrogens with zero attached hydrogens (tertiary/aromatic N) is 1. The van der Waals surface area contributed by atoms with Crippen LogP contribution in [0.15, 0.2) is 30.3 Å². The lowest BCUT2D eigenvalue weighted by Crippen LogP contribution is -2.55. The van der Waals surface area contributed by atoms with E-state index in [4.69, 9.17) is 14.2 Å². The summed E-state index contributed by atoms with van der Waals surface area (Å²) >= 11 is 0. The monoisotopic (exact) mass is 478 g/mol. The van der Waals surface area contributed by atoms with Crippen molar-refractivity contribution in [2.24, 2.45) is 0 Å². The molecule has 0 aromatic heterocycles. The highest BCUT2D eigenvalue weighted by Crippen LogP contribution is 2.22. The average Bonchev–Trinajstić information content (AvgIpc) is 3.19. The molecule has 1 fully saturated rings. The molecule has 0 radical (unpaired) electrons.